The van der Waals surface area contributed by atoms with Crippen LogP contribution in [-0.2, 0) is 4.79 Å². The normalized spacial score (nSPS) is 15.1. The summed E-state index contributed by atoms with van der Waals surface area (Å²) in [6.07, 6.45) is 5.55. The first-order chi connectivity index (χ1) is 6.56. The van der Waals surface area contributed by atoms with Crippen molar-refractivity contribution in [3.05, 3.63) is 0 Å². The second-order valence-electron chi connectivity index (χ2n) is 4.04. The number of hydrogen-bond donors (Lipinski definition) is 2. The highest BCUT2D eigenvalue weighted by Gasteiger charge is 2.28. The summed E-state index contributed by atoms with van der Waals surface area (Å²) in [6.45, 7) is 6.85. The predicted molar refractivity (Wildman–Crippen MR) is 60.0 cm³/mol. The van der Waals surface area contributed by atoms with Crippen LogP contribution < -0.4 is 11.1 Å². The second-order valence-corrected chi connectivity index (χ2v) is 4.04. The van der Waals surface area contributed by atoms with E-state index in [1.165, 1.54) is 19.3 Å². The number of hydrogen-bond acceptors (Lipinski definition) is 2. The van der Waals surface area contributed by atoms with Gasteiger partial charge in [-0.3, -0.25) is 4.79 Å². The van der Waals surface area contributed by atoms with E-state index in [9.17, 15) is 4.79 Å². The molecule has 0 aliphatic rings. The van der Waals surface area contributed by atoms with E-state index in [2.05, 4.69) is 12.2 Å². The zero-order valence-electron chi connectivity index (χ0n) is 9.73. The van der Waals surface area contributed by atoms with Crippen molar-refractivity contribution in [2.24, 2.45) is 5.73 Å². The lowest BCUT2D eigenvalue weighted by molar-refractivity contribution is -0.124. The van der Waals surface area contributed by atoms with E-state index in [-0.39, 0.29) is 5.91 Å². The Hall–Kier alpha value is -0.570. The maximum Gasteiger partial charge on any atom is 0.237 e. The lowest BCUT2D eigenvalue weighted by Crippen LogP contribution is -2.52. The van der Waals surface area contributed by atoms with Gasteiger partial charge in [-0.1, -0.05) is 39.5 Å². The molecule has 3 heteroatoms. The van der Waals surface area contributed by atoms with Crippen molar-refractivity contribution < 1.29 is 4.79 Å². The molecule has 3 N–H and O–H groups in total. The summed E-state index contributed by atoms with van der Waals surface area (Å²) in [6, 6.07) is 0. The van der Waals surface area contributed by atoms with Crippen LogP contribution in [0.2, 0.25) is 0 Å². The predicted octanol–water partition coefficient (Wildman–Crippen LogP) is 1.81. The van der Waals surface area contributed by atoms with Crippen LogP contribution in [0.25, 0.3) is 0 Å². The molecule has 3 nitrogen and oxygen atoms in total. The van der Waals surface area contributed by atoms with Gasteiger partial charge in [-0.15, -0.1) is 0 Å². The molecule has 0 fully saturated rings. The fourth-order valence-electron chi connectivity index (χ4n) is 1.59. The van der Waals surface area contributed by atoms with E-state index >= 15 is 0 Å². The average Bonchev–Trinajstić information content (AvgIpc) is 2.13. The summed E-state index contributed by atoms with van der Waals surface area (Å²) in [5, 5.41) is 3.16. The Morgan fingerprint density at radius 3 is 2.36 bits per heavy atom. The summed E-state index contributed by atoms with van der Waals surface area (Å²) in [7, 11) is 0. The minimum Gasteiger partial charge on any atom is -0.368 e. The summed E-state index contributed by atoms with van der Waals surface area (Å²) >= 11 is 0. The van der Waals surface area contributed by atoms with Gasteiger partial charge >= 0.3 is 0 Å². The van der Waals surface area contributed by atoms with E-state index in [1.807, 2.05) is 13.8 Å². The first kappa shape index (κ1) is 13.4. The highest BCUT2D eigenvalue weighted by Crippen LogP contribution is 2.14. The Morgan fingerprint density at radius 1 is 1.29 bits per heavy atom. The van der Waals surface area contributed by atoms with Gasteiger partial charge in [0.05, 0.1) is 5.54 Å². The van der Waals surface area contributed by atoms with Crippen LogP contribution >= 0.6 is 0 Å². The summed E-state index contributed by atoms with van der Waals surface area (Å²) < 4.78 is 0. The number of likely N-dealkylation sites (N-methyl/N-ethyl adjacent to an activating group) is 1. The van der Waals surface area contributed by atoms with Gasteiger partial charge in [0.1, 0.15) is 0 Å². The standard InChI is InChI=1S/C11H24N2O/c1-4-6-7-8-9-11(3,10(12)14)13-5-2/h13H,4-9H2,1-3H3,(H2,12,14). The van der Waals surface area contributed by atoms with Gasteiger partial charge in [0, 0.05) is 0 Å². The van der Waals surface area contributed by atoms with Crippen LogP contribution in [0.4, 0.5) is 0 Å². The largest absolute Gasteiger partial charge is 0.368 e. The van der Waals surface area contributed by atoms with Crippen molar-refractivity contribution >= 4 is 5.91 Å². The highest BCUT2D eigenvalue weighted by molar-refractivity contribution is 5.84. The van der Waals surface area contributed by atoms with Gasteiger partial charge in [-0.25, -0.2) is 0 Å². The molecule has 0 spiro atoms. The molecule has 0 saturated carbocycles. The number of rotatable bonds is 8. The minimum atomic E-state index is -0.511. The number of primary amides is 1. The van der Waals surface area contributed by atoms with Crippen LogP contribution in [0.3, 0.4) is 0 Å². The fourth-order valence-corrected chi connectivity index (χ4v) is 1.59. The monoisotopic (exact) mass is 200 g/mol. The smallest absolute Gasteiger partial charge is 0.237 e. The molecular weight excluding hydrogens is 176 g/mol. The maximum absolute atomic E-state index is 11.2. The topological polar surface area (TPSA) is 55.1 Å². The van der Waals surface area contributed by atoms with Gasteiger partial charge in [0.15, 0.2) is 0 Å². The minimum absolute atomic E-state index is 0.240. The van der Waals surface area contributed by atoms with E-state index in [1.54, 1.807) is 0 Å². The molecule has 1 amide bonds. The highest BCUT2D eigenvalue weighted by atomic mass is 16.1. The molecule has 0 aliphatic carbocycles. The van der Waals surface area contributed by atoms with E-state index in [0.29, 0.717) is 0 Å². The molecule has 0 radical (unpaired) electrons. The van der Waals surface area contributed by atoms with Crippen molar-refractivity contribution in [1.29, 1.82) is 0 Å². The number of nitrogens with one attached hydrogen (secondary N) is 1. The molecule has 1 unspecified atom stereocenters. The number of nitrogens with two attached hydrogens (primary N) is 1. The molecule has 14 heavy (non-hydrogen) atoms. The van der Waals surface area contributed by atoms with Crippen LogP contribution in [0, 0.1) is 0 Å². The number of unbranched alkanes of at least 4 members (excludes halogenated alkanes) is 3. The third-order valence-corrected chi connectivity index (χ3v) is 2.64. The first-order valence-corrected chi connectivity index (χ1v) is 5.61. The molecule has 0 saturated heterocycles. The molecule has 0 aromatic carbocycles. The van der Waals surface area contributed by atoms with E-state index in [0.717, 1.165) is 19.4 Å². The zero-order valence-corrected chi connectivity index (χ0v) is 9.73. The Labute approximate surface area is 87.4 Å². The van der Waals surface area contributed by atoms with Gasteiger partial charge < -0.3 is 11.1 Å². The molecule has 0 aliphatic heterocycles. The second kappa shape index (κ2) is 6.82. The van der Waals surface area contributed by atoms with Crippen LogP contribution in [0.1, 0.15) is 52.9 Å². The molecule has 84 valence electrons. The third kappa shape index (κ3) is 4.61. The van der Waals surface area contributed by atoms with Crippen molar-refractivity contribution in [1.82, 2.24) is 5.32 Å². The average molecular weight is 200 g/mol. The van der Waals surface area contributed by atoms with Crippen LogP contribution in [-0.4, -0.2) is 18.0 Å². The van der Waals surface area contributed by atoms with Gasteiger partial charge in [0.25, 0.3) is 0 Å². The third-order valence-electron chi connectivity index (χ3n) is 2.64. The Morgan fingerprint density at radius 2 is 1.93 bits per heavy atom. The SMILES string of the molecule is CCCCCCC(C)(NCC)C(N)=O. The molecule has 0 aromatic heterocycles. The lowest BCUT2D eigenvalue weighted by atomic mass is 9.93. The summed E-state index contributed by atoms with van der Waals surface area (Å²) in [4.78, 5) is 11.2. The quantitative estimate of drug-likeness (QED) is 0.587. The molecule has 1 atom stereocenters. The van der Waals surface area contributed by atoms with Crippen LogP contribution in [0.5, 0.6) is 0 Å². The van der Waals surface area contributed by atoms with Crippen molar-refractivity contribution in [2.45, 2.75) is 58.4 Å². The number of carbonyl (C=O) groups is 1. The number of carbonyl (C=O) groups excluding carboxylic acids is 1. The van der Waals surface area contributed by atoms with Crippen molar-refractivity contribution in [3.8, 4) is 0 Å². The summed E-state index contributed by atoms with van der Waals surface area (Å²) in [5.41, 5.74) is 4.86. The van der Waals surface area contributed by atoms with Crippen molar-refractivity contribution in [3.63, 3.8) is 0 Å². The Balaban J connectivity index is 3.90. The zero-order chi connectivity index (χ0) is 11.0. The van der Waals surface area contributed by atoms with Gasteiger partial charge in [-0.05, 0) is 19.9 Å². The summed E-state index contributed by atoms with van der Waals surface area (Å²) in [5.74, 6) is -0.240. The van der Waals surface area contributed by atoms with Crippen molar-refractivity contribution in [2.75, 3.05) is 6.54 Å². The Kier molecular flexibility index (Phi) is 6.54. The molecule has 0 bridgehead atoms. The molecule has 0 aromatic rings. The molecular formula is C11H24N2O. The molecule has 0 rings (SSSR count). The Bertz CT molecular complexity index is 171. The van der Waals surface area contributed by atoms with E-state index in [4.69, 9.17) is 5.73 Å². The van der Waals surface area contributed by atoms with Gasteiger partial charge in [-0.2, -0.15) is 0 Å². The first-order valence-electron chi connectivity index (χ1n) is 5.61. The number of amides is 1. The fraction of sp³-hybridized carbons (Fsp3) is 0.909. The van der Waals surface area contributed by atoms with Gasteiger partial charge in [0.2, 0.25) is 5.91 Å². The molecule has 0 heterocycles. The van der Waals surface area contributed by atoms with E-state index < -0.39 is 5.54 Å². The lowest BCUT2D eigenvalue weighted by Gasteiger charge is -2.26. The van der Waals surface area contributed by atoms with Crippen LogP contribution in [0.15, 0.2) is 0 Å². The maximum atomic E-state index is 11.2.